The van der Waals surface area contributed by atoms with Gasteiger partial charge in [0.25, 0.3) is 0 Å². The Kier molecular flexibility index (Phi) is 3.36. The van der Waals surface area contributed by atoms with E-state index < -0.39 is 0 Å². The van der Waals surface area contributed by atoms with E-state index in [1.165, 1.54) is 38.5 Å². The maximum atomic E-state index is 11.2. The Morgan fingerprint density at radius 3 is 2.00 bits per heavy atom. The van der Waals surface area contributed by atoms with Gasteiger partial charge in [-0.15, -0.1) is 0 Å². The molecule has 0 aromatic carbocycles. The molecule has 3 heteroatoms. The molecule has 5 rings (SSSR count). The highest BCUT2D eigenvalue weighted by Gasteiger charge is 2.55. The third kappa shape index (κ3) is 2.13. The van der Waals surface area contributed by atoms with Gasteiger partial charge in [-0.05, 0) is 68.6 Å². The number of aliphatic hydroxyl groups excluding tert-OH is 1. The largest absolute Gasteiger partial charge is 0.391 e. The molecule has 1 saturated heterocycles. The van der Waals surface area contributed by atoms with E-state index in [-0.39, 0.29) is 11.5 Å². The van der Waals surface area contributed by atoms with Crippen molar-refractivity contribution in [3.63, 3.8) is 0 Å². The summed E-state index contributed by atoms with van der Waals surface area (Å²) in [6, 6.07) is 0.301. The molecule has 0 unspecified atom stereocenters. The first-order valence-corrected chi connectivity index (χ1v) is 8.66. The minimum atomic E-state index is -0.131. The molecule has 4 saturated carbocycles. The second kappa shape index (κ2) is 4.96. The van der Waals surface area contributed by atoms with Crippen molar-refractivity contribution in [3.05, 3.63) is 0 Å². The fourth-order valence-electron chi connectivity index (χ4n) is 6.24. The fourth-order valence-corrected chi connectivity index (χ4v) is 6.24. The van der Waals surface area contributed by atoms with Gasteiger partial charge < -0.3 is 9.84 Å². The first-order valence-electron chi connectivity index (χ1n) is 8.66. The van der Waals surface area contributed by atoms with Gasteiger partial charge in [-0.2, -0.15) is 0 Å². The van der Waals surface area contributed by atoms with Crippen LogP contribution in [0.2, 0.25) is 0 Å². The highest BCUT2D eigenvalue weighted by Crippen LogP contribution is 2.61. The maximum Gasteiger partial charge on any atom is 0.0749 e. The van der Waals surface area contributed by atoms with E-state index in [0.29, 0.717) is 6.04 Å². The van der Waals surface area contributed by atoms with Crippen LogP contribution in [0.1, 0.15) is 45.4 Å². The number of ether oxygens (including phenoxy) is 1. The van der Waals surface area contributed by atoms with Crippen molar-refractivity contribution >= 4 is 0 Å². The van der Waals surface area contributed by atoms with Crippen LogP contribution >= 0.6 is 0 Å². The van der Waals surface area contributed by atoms with Crippen LogP contribution in [-0.2, 0) is 4.74 Å². The minimum Gasteiger partial charge on any atom is -0.391 e. The zero-order valence-corrected chi connectivity index (χ0v) is 12.8. The molecule has 1 heterocycles. The molecule has 4 bridgehead atoms. The third-order valence-electron chi connectivity index (χ3n) is 6.79. The van der Waals surface area contributed by atoms with E-state index in [1.807, 2.05) is 0 Å². The minimum absolute atomic E-state index is 0.131. The quantitative estimate of drug-likeness (QED) is 0.860. The van der Waals surface area contributed by atoms with Crippen molar-refractivity contribution in [2.24, 2.45) is 23.2 Å². The lowest BCUT2D eigenvalue weighted by Crippen LogP contribution is -2.58. The SMILES string of the molecule is C[C@@H]([C@@H](O)C12CC3CC(CC(C3)C1)C2)N1CCOCC1. The smallest absolute Gasteiger partial charge is 0.0749 e. The average Bonchev–Trinajstić information content (AvgIpc) is 2.45. The molecule has 5 aliphatic rings. The summed E-state index contributed by atoms with van der Waals surface area (Å²) in [4.78, 5) is 2.45. The van der Waals surface area contributed by atoms with Gasteiger partial charge in [-0.25, -0.2) is 0 Å². The summed E-state index contributed by atoms with van der Waals surface area (Å²) in [7, 11) is 0. The van der Waals surface area contributed by atoms with Crippen LogP contribution < -0.4 is 0 Å². The topological polar surface area (TPSA) is 32.7 Å². The number of aliphatic hydroxyl groups is 1. The Hall–Kier alpha value is -0.120. The molecule has 1 aliphatic heterocycles. The van der Waals surface area contributed by atoms with Gasteiger partial charge >= 0.3 is 0 Å². The molecular formula is C17H29NO2. The summed E-state index contributed by atoms with van der Waals surface area (Å²) in [6.07, 6.45) is 8.14. The predicted octanol–water partition coefficient (Wildman–Crippen LogP) is 2.28. The van der Waals surface area contributed by atoms with E-state index in [9.17, 15) is 5.11 Å². The molecule has 2 atom stereocenters. The molecular weight excluding hydrogens is 250 g/mol. The normalized spacial score (nSPS) is 47.4. The van der Waals surface area contributed by atoms with Crippen molar-refractivity contribution in [1.29, 1.82) is 0 Å². The second-order valence-corrected chi connectivity index (χ2v) is 8.11. The van der Waals surface area contributed by atoms with E-state index in [0.717, 1.165) is 44.1 Å². The van der Waals surface area contributed by atoms with E-state index >= 15 is 0 Å². The van der Waals surface area contributed by atoms with Crippen LogP contribution in [-0.4, -0.2) is 48.5 Å². The van der Waals surface area contributed by atoms with Crippen molar-refractivity contribution in [2.45, 2.75) is 57.6 Å². The fraction of sp³-hybridized carbons (Fsp3) is 1.00. The second-order valence-electron chi connectivity index (χ2n) is 8.11. The lowest BCUT2D eigenvalue weighted by molar-refractivity contribution is -0.146. The van der Waals surface area contributed by atoms with Gasteiger partial charge in [-0.3, -0.25) is 4.90 Å². The lowest BCUT2D eigenvalue weighted by atomic mass is 9.47. The molecule has 3 nitrogen and oxygen atoms in total. The summed E-state index contributed by atoms with van der Waals surface area (Å²) in [5.41, 5.74) is 0.256. The monoisotopic (exact) mass is 279 g/mol. The van der Waals surface area contributed by atoms with Crippen LogP contribution in [0.3, 0.4) is 0 Å². The average molecular weight is 279 g/mol. The van der Waals surface area contributed by atoms with Gasteiger partial charge in [-0.1, -0.05) is 0 Å². The van der Waals surface area contributed by atoms with Gasteiger partial charge in [0.2, 0.25) is 0 Å². The molecule has 0 amide bonds. The molecule has 0 aromatic heterocycles. The number of hydrogen-bond donors (Lipinski definition) is 1. The molecule has 114 valence electrons. The van der Waals surface area contributed by atoms with Crippen LogP contribution in [0.5, 0.6) is 0 Å². The Morgan fingerprint density at radius 2 is 1.50 bits per heavy atom. The molecule has 4 aliphatic carbocycles. The van der Waals surface area contributed by atoms with Crippen LogP contribution in [0.25, 0.3) is 0 Å². The Labute approximate surface area is 122 Å². The molecule has 0 aromatic rings. The molecule has 5 fully saturated rings. The highest BCUT2D eigenvalue weighted by atomic mass is 16.5. The first kappa shape index (κ1) is 13.5. The Balaban J connectivity index is 1.51. The molecule has 1 N–H and O–H groups in total. The number of rotatable bonds is 3. The highest BCUT2D eigenvalue weighted by molar-refractivity contribution is 5.06. The van der Waals surface area contributed by atoms with Gasteiger partial charge in [0.1, 0.15) is 0 Å². The Morgan fingerprint density at radius 1 is 1.00 bits per heavy atom. The lowest BCUT2D eigenvalue weighted by Gasteiger charge is -2.59. The molecule has 20 heavy (non-hydrogen) atoms. The zero-order valence-electron chi connectivity index (χ0n) is 12.8. The summed E-state index contributed by atoms with van der Waals surface area (Å²) >= 11 is 0. The summed E-state index contributed by atoms with van der Waals surface area (Å²) in [6.45, 7) is 5.89. The van der Waals surface area contributed by atoms with E-state index in [4.69, 9.17) is 4.74 Å². The molecule has 0 spiro atoms. The summed E-state index contributed by atoms with van der Waals surface area (Å²) in [5.74, 6) is 2.77. The number of morpholine rings is 1. The van der Waals surface area contributed by atoms with Crippen LogP contribution in [0, 0.1) is 23.2 Å². The van der Waals surface area contributed by atoms with Gasteiger partial charge in [0.15, 0.2) is 0 Å². The first-order chi connectivity index (χ1) is 9.66. The third-order valence-corrected chi connectivity index (χ3v) is 6.79. The predicted molar refractivity (Wildman–Crippen MR) is 78.5 cm³/mol. The van der Waals surface area contributed by atoms with E-state index in [1.54, 1.807) is 0 Å². The standard InChI is InChI=1S/C17H29NO2/c1-12(18-2-4-20-5-3-18)16(19)17-9-13-6-14(10-17)8-15(7-13)11-17/h12-16,19H,2-11H2,1H3/t12-,13?,14?,15?,16+,17?/m0/s1. The summed E-state index contributed by atoms with van der Waals surface area (Å²) < 4.78 is 5.46. The van der Waals surface area contributed by atoms with Crippen molar-refractivity contribution in [3.8, 4) is 0 Å². The van der Waals surface area contributed by atoms with Crippen molar-refractivity contribution in [1.82, 2.24) is 4.90 Å². The van der Waals surface area contributed by atoms with Gasteiger partial charge in [0.05, 0.1) is 19.3 Å². The zero-order chi connectivity index (χ0) is 13.7. The summed E-state index contributed by atoms with van der Waals surface area (Å²) in [5, 5.41) is 11.2. The van der Waals surface area contributed by atoms with Crippen LogP contribution in [0.15, 0.2) is 0 Å². The number of nitrogens with zero attached hydrogens (tertiary/aromatic N) is 1. The Bertz CT molecular complexity index is 329. The number of hydrogen-bond acceptors (Lipinski definition) is 3. The van der Waals surface area contributed by atoms with Crippen LogP contribution in [0.4, 0.5) is 0 Å². The maximum absolute atomic E-state index is 11.2. The molecule has 0 radical (unpaired) electrons. The van der Waals surface area contributed by atoms with Crippen molar-refractivity contribution < 1.29 is 9.84 Å². The van der Waals surface area contributed by atoms with Gasteiger partial charge in [0, 0.05) is 19.1 Å². The van der Waals surface area contributed by atoms with Crippen molar-refractivity contribution in [2.75, 3.05) is 26.3 Å². The van der Waals surface area contributed by atoms with E-state index in [2.05, 4.69) is 11.8 Å².